The molecule has 0 N–H and O–H groups in total. The van der Waals surface area contributed by atoms with Crippen LogP contribution in [-0.4, -0.2) is 15.5 Å². The highest BCUT2D eigenvalue weighted by Crippen LogP contribution is 2.20. The van der Waals surface area contributed by atoms with E-state index in [1.807, 2.05) is 12.1 Å². The fourth-order valence-electron chi connectivity index (χ4n) is 3.57. The van der Waals surface area contributed by atoms with Crippen LogP contribution in [0.25, 0.3) is 0 Å². The van der Waals surface area contributed by atoms with Crippen LogP contribution in [0.3, 0.4) is 0 Å². The molecule has 3 aromatic rings. The van der Waals surface area contributed by atoms with Gasteiger partial charge in [0.25, 0.3) is 0 Å². The lowest BCUT2D eigenvalue weighted by molar-refractivity contribution is 0.146. The Labute approximate surface area is 168 Å². The van der Waals surface area contributed by atoms with Gasteiger partial charge in [0.15, 0.2) is 0 Å². The van der Waals surface area contributed by atoms with Crippen LogP contribution in [0.1, 0.15) is 43.2 Å². The van der Waals surface area contributed by atoms with E-state index in [9.17, 15) is 4.39 Å². The zero-order chi connectivity index (χ0) is 20.1. The molecule has 0 bridgehead atoms. The Hall–Kier alpha value is -2.39. The molecule has 28 heavy (non-hydrogen) atoms. The number of hydrogen-bond donors (Lipinski definition) is 0. The molecule has 1 heterocycles. The highest BCUT2D eigenvalue weighted by molar-refractivity contribution is 5.24. The molecule has 0 aliphatic carbocycles. The van der Waals surface area contributed by atoms with Crippen molar-refractivity contribution in [1.82, 2.24) is 9.47 Å². The molecule has 3 rings (SSSR count). The number of nitrogens with zero attached hydrogens (tertiary/aromatic N) is 2. The third kappa shape index (κ3) is 5.11. The maximum Gasteiger partial charge on any atom is 0.127 e. The van der Waals surface area contributed by atoms with Crippen molar-refractivity contribution in [2.75, 3.05) is 0 Å². The molecular formula is C25H31FN2. The lowest BCUT2D eigenvalue weighted by Crippen LogP contribution is -2.36. The van der Waals surface area contributed by atoms with E-state index in [1.54, 1.807) is 12.1 Å². The van der Waals surface area contributed by atoms with Gasteiger partial charge in [0.05, 0.1) is 0 Å². The third-order valence-electron chi connectivity index (χ3n) is 5.60. The second kappa shape index (κ2) is 9.20. The number of benzene rings is 2. The first kappa shape index (κ1) is 20.3. The van der Waals surface area contributed by atoms with Gasteiger partial charge >= 0.3 is 0 Å². The first-order valence-electron chi connectivity index (χ1n) is 10.1. The Balaban J connectivity index is 1.81. The van der Waals surface area contributed by atoms with E-state index in [2.05, 4.69) is 79.8 Å². The Morgan fingerprint density at radius 3 is 2.43 bits per heavy atom. The van der Waals surface area contributed by atoms with Gasteiger partial charge in [-0.2, -0.15) is 0 Å². The molecule has 0 saturated heterocycles. The van der Waals surface area contributed by atoms with Crippen molar-refractivity contribution >= 4 is 0 Å². The van der Waals surface area contributed by atoms with Gasteiger partial charge in [0.1, 0.15) is 5.82 Å². The molecule has 148 valence electrons. The highest BCUT2D eigenvalue weighted by atomic mass is 19.1. The zero-order valence-electron chi connectivity index (χ0n) is 17.4. The summed E-state index contributed by atoms with van der Waals surface area (Å²) in [5.74, 6) is 0.366. The molecule has 0 aliphatic heterocycles. The highest BCUT2D eigenvalue weighted by Gasteiger charge is 2.20. The van der Waals surface area contributed by atoms with E-state index in [4.69, 9.17) is 0 Å². The van der Waals surface area contributed by atoms with Crippen LogP contribution in [0.15, 0.2) is 66.9 Å². The van der Waals surface area contributed by atoms with Crippen LogP contribution in [0.5, 0.6) is 0 Å². The molecule has 0 spiro atoms. The van der Waals surface area contributed by atoms with Crippen LogP contribution >= 0.6 is 0 Å². The molecule has 1 atom stereocenters. The summed E-state index contributed by atoms with van der Waals surface area (Å²) < 4.78 is 16.6. The van der Waals surface area contributed by atoms with E-state index >= 15 is 0 Å². The second-order valence-electron chi connectivity index (χ2n) is 8.10. The molecule has 0 radical (unpaired) electrons. The van der Waals surface area contributed by atoms with E-state index in [1.165, 1.54) is 16.8 Å². The zero-order valence-corrected chi connectivity index (χ0v) is 17.4. The van der Waals surface area contributed by atoms with Crippen molar-refractivity contribution in [2.24, 2.45) is 5.92 Å². The Bertz CT molecular complexity index is 897. The van der Waals surface area contributed by atoms with E-state index in [-0.39, 0.29) is 5.82 Å². The van der Waals surface area contributed by atoms with Crippen molar-refractivity contribution in [1.29, 1.82) is 0 Å². The molecule has 0 saturated carbocycles. The predicted octanol–water partition coefficient (Wildman–Crippen LogP) is 6.03. The normalized spacial score (nSPS) is 12.7. The Kier molecular flexibility index (Phi) is 6.69. The maximum atomic E-state index is 14.3. The minimum Gasteiger partial charge on any atom is -0.346 e. The summed E-state index contributed by atoms with van der Waals surface area (Å²) in [5, 5.41) is 0. The molecule has 2 aromatic carbocycles. The van der Waals surface area contributed by atoms with E-state index in [0.717, 1.165) is 18.7 Å². The van der Waals surface area contributed by atoms with Gasteiger partial charge in [-0.25, -0.2) is 4.39 Å². The topological polar surface area (TPSA) is 8.17 Å². The predicted molar refractivity (Wildman–Crippen MR) is 115 cm³/mol. The smallest absolute Gasteiger partial charge is 0.127 e. The van der Waals surface area contributed by atoms with Gasteiger partial charge in [-0.05, 0) is 43.5 Å². The number of rotatable bonds is 8. The van der Waals surface area contributed by atoms with Gasteiger partial charge in [0, 0.05) is 43.1 Å². The number of halogens is 1. The van der Waals surface area contributed by atoms with Crippen LogP contribution in [0.2, 0.25) is 0 Å². The number of hydrogen-bond acceptors (Lipinski definition) is 1. The Morgan fingerprint density at radius 2 is 1.71 bits per heavy atom. The number of aryl methyl sites for hydroxylation is 1. The molecule has 0 fully saturated rings. The summed E-state index contributed by atoms with van der Waals surface area (Å²) in [5.41, 5.74) is 4.59. The molecule has 3 heteroatoms. The lowest BCUT2D eigenvalue weighted by atomic mass is 10.0. The molecule has 1 aromatic heterocycles. The minimum atomic E-state index is -0.126. The molecule has 1 unspecified atom stereocenters. The van der Waals surface area contributed by atoms with Crippen molar-refractivity contribution in [3.63, 3.8) is 0 Å². The summed E-state index contributed by atoms with van der Waals surface area (Å²) in [4.78, 5) is 2.38. The lowest BCUT2D eigenvalue weighted by Gasteiger charge is -2.32. The second-order valence-corrected chi connectivity index (χ2v) is 8.10. The van der Waals surface area contributed by atoms with Crippen LogP contribution in [0.4, 0.5) is 4.39 Å². The Morgan fingerprint density at radius 1 is 0.929 bits per heavy atom. The molecular weight excluding hydrogens is 347 g/mol. The van der Waals surface area contributed by atoms with Gasteiger partial charge in [-0.15, -0.1) is 0 Å². The van der Waals surface area contributed by atoms with E-state index in [0.29, 0.717) is 18.5 Å². The SMILES string of the molecule is Cc1cccc(Cn2cccc2CN(Cc2ccccc2F)C(C)C(C)C)c1. The van der Waals surface area contributed by atoms with Gasteiger partial charge < -0.3 is 4.57 Å². The fourth-order valence-corrected chi connectivity index (χ4v) is 3.57. The standard InChI is InChI=1S/C25H31FN2/c1-19(2)21(4)28(17-23-11-5-6-13-25(23)26)18-24-12-8-14-27(24)16-22-10-7-9-20(3)15-22/h5-15,19,21H,16-18H2,1-4H3. The van der Waals surface area contributed by atoms with Crippen LogP contribution in [-0.2, 0) is 19.6 Å². The van der Waals surface area contributed by atoms with Crippen LogP contribution in [0, 0.1) is 18.7 Å². The van der Waals surface area contributed by atoms with Crippen LogP contribution < -0.4 is 0 Å². The van der Waals surface area contributed by atoms with Gasteiger partial charge in [-0.3, -0.25) is 4.90 Å². The van der Waals surface area contributed by atoms with Gasteiger partial charge in [-0.1, -0.05) is 61.9 Å². The first-order chi connectivity index (χ1) is 13.4. The minimum absolute atomic E-state index is 0.126. The summed E-state index contributed by atoms with van der Waals surface area (Å²) in [6, 6.07) is 20.4. The summed E-state index contributed by atoms with van der Waals surface area (Å²) in [6.07, 6.45) is 2.14. The van der Waals surface area contributed by atoms with Crippen molar-refractivity contribution in [3.05, 3.63) is 95.1 Å². The first-order valence-corrected chi connectivity index (χ1v) is 10.1. The van der Waals surface area contributed by atoms with E-state index < -0.39 is 0 Å². The van der Waals surface area contributed by atoms with Crippen molar-refractivity contribution < 1.29 is 4.39 Å². The molecule has 0 amide bonds. The van der Waals surface area contributed by atoms with Crippen molar-refractivity contribution in [3.8, 4) is 0 Å². The average molecular weight is 379 g/mol. The average Bonchev–Trinajstić information content (AvgIpc) is 3.09. The monoisotopic (exact) mass is 378 g/mol. The number of aromatic nitrogens is 1. The summed E-state index contributed by atoms with van der Waals surface area (Å²) in [7, 11) is 0. The summed E-state index contributed by atoms with van der Waals surface area (Å²) in [6.45, 7) is 11.1. The summed E-state index contributed by atoms with van der Waals surface area (Å²) >= 11 is 0. The van der Waals surface area contributed by atoms with Crippen molar-refractivity contribution in [2.45, 2.75) is 53.4 Å². The largest absolute Gasteiger partial charge is 0.346 e. The molecule has 0 aliphatic rings. The fraction of sp³-hybridized carbons (Fsp3) is 0.360. The third-order valence-corrected chi connectivity index (χ3v) is 5.60. The maximum absolute atomic E-state index is 14.3. The quantitative estimate of drug-likeness (QED) is 0.464. The molecule has 2 nitrogen and oxygen atoms in total. The van der Waals surface area contributed by atoms with Gasteiger partial charge in [0.2, 0.25) is 0 Å².